The van der Waals surface area contributed by atoms with Crippen molar-refractivity contribution >= 4 is 93.7 Å². The predicted molar refractivity (Wildman–Crippen MR) is 425 cm³/mol. The quantitative estimate of drug-likeness (QED) is 0.0566. The minimum atomic E-state index is -2.54. The number of rotatable bonds is 17. The van der Waals surface area contributed by atoms with Gasteiger partial charge in [-0.2, -0.15) is 0 Å². The molecule has 41 heteroatoms. The summed E-state index contributed by atoms with van der Waals surface area (Å²) in [7, 11) is 1.35. The van der Waals surface area contributed by atoms with Crippen molar-refractivity contribution in [1.29, 1.82) is 0 Å². The van der Waals surface area contributed by atoms with Gasteiger partial charge in [-0.25, -0.2) is 4.79 Å². The molecule has 7 aromatic rings. The standard InChI is InChI=1S/C81H84Cl4N8O29/c1-3-4-5-6-7-8-9-10-53(100)87-63-68(105)66(103)51(28-94)120-80(63)122-72-49-22-33-23-50(72)118-71-41(83)19-34(20-42(71)84)65(102)62-78(113)91-60(79(114)115)38-24-35(96)25-48(119-81-70(107)69(106)67(104)52(29-95)121-81)54(38)37-17-30(11-14-43(37)97)57(74(109)93-62)88-75(110)58(33)89-76(111)59-39-26-36(27-45(99)55(39)85)116-47-21-31(12-15-44(47)98)56(86-2)73(108)92-61(77(112)90-59)64(101)32-13-16-46(117-49)40(82)18-32/h11-27,51-52,56-70,80-81,86,94-99,101-107H,3-10,28-29H2,1-2H3,(H,87,100)(H,88,110)(H,89,111)(H,90,112)(H,91,113)(H,92,108)(H,93,109)(H,114,115)/t51-,52-,56?,57?,58?,59?,60?,61?,62?,63-,64?,65?,66-,67-,68-,69+,70+,80+,81+/m1/s1. The maximum Gasteiger partial charge on any atom is 0.330 e. The molecule has 0 aliphatic carbocycles. The van der Waals surface area contributed by atoms with Gasteiger partial charge in [0.2, 0.25) is 59.7 Å². The summed E-state index contributed by atoms with van der Waals surface area (Å²) in [5.74, 6) is -19.4. The van der Waals surface area contributed by atoms with E-state index in [0.717, 1.165) is 117 Å². The average Bonchev–Trinajstić information content (AvgIpc) is 0.758. The normalized spacial score (nSPS) is 27.1. The lowest BCUT2D eigenvalue weighted by Crippen LogP contribution is -2.65. The number of amides is 7. The number of phenolic OH excluding ortho intramolecular Hbond substituents is 4. The summed E-state index contributed by atoms with van der Waals surface area (Å²) in [6.45, 7) is 0.0467. The Hall–Kier alpha value is -10.8. The molecule has 7 aromatic carbocycles. The van der Waals surface area contributed by atoms with Gasteiger partial charge in [-0.05, 0) is 114 Å². The molecule has 22 N–H and O–H groups in total. The summed E-state index contributed by atoms with van der Waals surface area (Å²) < 4.78 is 44.2. The number of halogens is 4. The number of aliphatic hydroxyl groups excluding tert-OH is 9. The molecule has 0 aromatic heterocycles. The molecule has 0 spiro atoms. The molecule has 0 saturated carbocycles. The SMILES string of the molecule is CCCCCCCCCC(=O)N[C@H]1[C@H](Oc2c3cc4cc2Oc2c(Cl)cc(cc2Cl)C(O)C2NC(=O)C(NC(=O)C4NC(=O)C4NC(=O)C(NC(=O)C(NC)c5ccc(O)c(c5)Oc5cc(O)c(Cl)c4c5)C(O)c4ccc(c(Cl)c4)O3)c3ccc(O)c(c3)-c3c(O[C@H]4O[C@H](CO)[C@@H](O)[C@H](O)[C@@H]4O)cc(O)cc3C(C(=O)O)NC2=O)O[C@H](CO)[C@@H](O)[C@@H]1O. The fourth-order valence-corrected chi connectivity index (χ4v) is 16.1. The topological polar surface area (TPSA) is 581 Å². The van der Waals surface area contributed by atoms with Crippen molar-refractivity contribution in [2.75, 3.05) is 20.3 Å². The number of fused-ring (bicyclic) bond motifs is 14. The Bertz CT molecular complexity index is 5200. The number of unbranched alkanes of at least 4 members (excludes halogenated alkanes) is 6. The second-order valence-corrected chi connectivity index (χ2v) is 31.3. The van der Waals surface area contributed by atoms with Crippen LogP contribution in [0.1, 0.15) is 140 Å². The summed E-state index contributed by atoms with van der Waals surface area (Å²) in [6, 6.07) is -0.561. The molecular weight excluding hydrogens is 1690 g/mol. The van der Waals surface area contributed by atoms with Gasteiger partial charge in [0.15, 0.2) is 34.8 Å². The first-order valence-electron chi connectivity index (χ1n) is 38.4. The fraction of sp³-hybridized carbons (Fsp3) is 0.383. The number of carboxylic acid groups (broad SMARTS) is 1. The summed E-state index contributed by atoms with van der Waals surface area (Å²) in [5, 5.41) is 179. The minimum Gasteiger partial charge on any atom is -0.508 e. The molecule has 15 rings (SSSR count). The smallest absolute Gasteiger partial charge is 0.330 e. The number of aromatic hydroxyl groups is 4. The molecule has 8 aliphatic heterocycles. The lowest BCUT2D eigenvalue weighted by molar-refractivity contribution is -0.277. The maximum atomic E-state index is 16.7. The number of benzene rings is 7. The van der Waals surface area contributed by atoms with Gasteiger partial charge in [-0.1, -0.05) is 110 Å². The largest absolute Gasteiger partial charge is 0.508 e. The van der Waals surface area contributed by atoms with E-state index in [-0.39, 0.29) is 23.3 Å². The Morgan fingerprint density at radius 3 is 1.71 bits per heavy atom. The number of hydrogen-bond acceptors (Lipinski definition) is 29. The van der Waals surface area contributed by atoms with E-state index in [0.29, 0.717) is 12.8 Å². The molecule has 8 aliphatic rings. The summed E-state index contributed by atoms with van der Waals surface area (Å²) in [5.41, 5.74) is -4.31. The van der Waals surface area contributed by atoms with Crippen LogP contribution in [-0.4, -0.2) is 213 Å². The Balaban J connectivity index is 1.07. The molecule has 122 heavy (non-hydrogen) atoms. The summed E-state index contributed by atoms with van der Waals surface area (Å²) in [4.78, 5) is 123. The molecule has 37 nitrogen and oxygen atoms in total. The predicted octanol–water partition coefficient (Wildman–Crippen LogP) is 4.25. The van der Waals surface area contributed by atoms with Gasteiger partial charge in [-0.15, -0.1) is 0 Å². The highest BCUT2D eigenvalue weighted by molar-refractivity contribution is 6.37. The minimum absolute atomic E-state index is 0.0860. The third-order valence-electron chi connectivity index (χ3n) is 21.5. The zero-order valence-corrected chi connectivity index (χ0v) is 67.3. The van der Waals surface area contributed by atoms with Crippen LogP contribution in [0.3, 0.4) is 0 Å². The highest BCUT2D eigenvalue weighted by Crippen LogP contribution is 2.52. The summed E-state index contributed by atoms with van der Waals surface area (Å²) in [6.07, 6.45) is -17.1. The maximum absolute atomic E-state index is 16.7. The van der Waals surface area contributed by atoms with Crippen LogP contribution in [0.25, 0.3) is 11.1 Å². The van der Waals surface area contributed by atoms with E-state index in [1.165, 1.54) is 25.2 Å². The van der Waals surface area contributed by atoms with Crippen LogP contribution in [0.4, 0.5) is 0 Å². The first-order valence-corrected chi connectivity index (χ1v) is 39.9. The molecule has 0 radical (unpaired) electrons. The molecule has 9 unspecified atom stereocenters. The number of aliphatic carboxylic acids is 1. The molecule has 17 bridgehead atoms. The van der Waals surface area contributed by atoms with Crippen LogP contribution < -0.4 is 66.2 Å². The second-order valence-electron chi connectivity index (χ2n) is 29.7. The van der Waals surface area contributed by atoms with E-state index in [1.807, 2.05) is 0 Å². The van der Waals surface area contributed by atoms with Crippen molar-refractivity contribution in [3.05, 3.63) is 162 Å². The van der Waals surface area contributed by atoms with E-state index in [2.05, 4.69) is 49.5 Å². The number of carbonyl (C=O) groups excluding carboxylic acids is 7. The van der Waals surface area contributed by atoms with Crippen LogP contribution in [0.15, 0.2) is 103 Å². The zero-order chi connectivity index (χ0) is 87.7. The Labute approximate surface area is 712 Å². The second kappa shape index (κ2) is 37.5. The van der Waals surface area contributed by atoms with Gasteiger partial charge < -0.3 is 147 Å². The van der Waals surface area contributed by atoms with Gasteiger partial charge in [0, 0.05) is 40.8 Å². The third kappa shape index (κ3) is 18.4. The highest BCUT2D eigenvalue weighted by atomic mass is 35.5. The first kappa shape index (κ1) is 89.0. The average molecular weight is 1780 g/mol. The van der Waals surface area contributed by atoms with Gasteiger partial charge in [0.25, 0.3) is 0 Å². The van der Waals surface area contributed by atoms with Crippen molar-refractivity contribution in [3.8, 4) is 80.1 Å². The molecule has 650 valence electrons. The number of aliphatic hydroxyl groups is 9. The van der Waals surface area contributed by atoms with Gasteiger partial charge in [-0.3, -0.25) is 33.6 Å². The number of hydrogen-bond donors (Lipinski definition) is 22. The van der Waals surface area contributed by atoms with Crippen LogP contribution in [0.2, 0.25) is 20.1 Å². The van der Waals surface area contributed by atoms with E-state index >= 15 is 24.0 Å². The lowest BCUT2D eigenvalue weighted by atomic mass is 9.89. The molecule has 2 saturated heterocycles. The fourth-order valence-electron chi connectivity index (χ4n) is 15.0. The monoisotopic (exact) mass is 1770 g/mol. The Morgan fingerprint density at radius 1 is 0.484 bits per heavy atom. The molecule has 7 amide bonds. The van der Waals surface area contributed by atoms with Gasteiger partial charge in [0.1, 0.15) is 132 Å². The number of likely N-dealkylation sites (N-methyl/N-ethyl adjacent to an activating group) is 1. The van der Waals surface area contributed by atoms with Gasteiger partial charge >= 0.3 is 5.97 Å². The van der Waals surface area contributed by atoms with Crippen LogP contribution in [0, 0.1) is 0 Å². The number of carboxylic acids is 1. The molecule has 2 fully saturated rings. The Morgan fingerprint density at radius 2 is 1.05 bits per heavy atom. The first-order chi connectivity index (χ1) is 58.2. The molecular formula is C81H84Cl4N8O29. The van der Waals surface area contributed by atoms with E-state index in [1.54, 1.807) is 0 Å². The van der Waals surface area contributed by atoms with E-state index < -0.39 is 299 Å². The lowest BCUT2D eigenvalue weighted by Gasteiger charge is -2.42. The third-order valence-corrected chi connectivity index (χ3v) is 22.8. The van der Waals surface area contributed by atoms with Crippen LogP contribution >= 0.6 is 46.4 Å². The van der Waals surface area contributed by atoms with Crippen molar-refractivity contribution < 1.29 is 143 Å². The number of carbonyl (C=O) groups is 8. The highest BCUT2D eigenvalue weighted by Gasteiger charge is 2.50. The number of nitrogens with one attached hydrogen (secondary N) is 8. The van der Waals surface area contributed by atoms with Crippen molar-refractivity contribution in [2.24, 2.45) is 0 Å². The van der Waals surface area contributed by atoms with E-state index in [4.69, 9.17) is 79.6 Å². The van der Waals surface area contributed by atoms with Crippen molar-refractivity contribution in [3.63, 3.8) is 0 Å². The molecule has 8 heterocycles. The van der Waals surface area contributed by atoms with Crippen molar-refractivity contribution in [1.82, 2.24) is 42.5 Å². The van der Waals surface area contributed by atoms with Crippen molar-refractivity contribution in [2.45, 2.75) is 174 Å². The number of phenols is 4. The van der Waals surface area contributed by atoms with Crippen LogP contribution in [0.5, 0.6) is 69.0 Å². The van der Waals surface area contributed by atoms with Crippen LogP contribution in [-0.2, 0) is 47.8 Å². The molecule has 19 atom stereocenters. The zero-order valence-electron chi connectivity index (χ0n) is 64.3. The number of ether oxygens (including phenoxy) is 7. The van der Waals surface area contributed by atoms with E-state index in [9.17, 15) is 85.9 Å². The van der Waals surface area contributed by atoms with Gasteiger partial charge in [0.05, 0.1) is 33.3 Å². The Kier molecular flexibility index (Phi) is 27.3. The summed E-state index contributed by atoms with van der Waals surface area (Å²) >= 11 is 28.6.